The normalized spacial score (nSPS) is 56.5. The van der Waals surface area contributed by atoms with Gasteiger partial charge in [0.1, 0.15) is 5.78 Å². The molecule has 4 aliphatic rings. The molecule has 4 aliphatic carbocycles. The molecular weight excluding hydrogens is 260 g/mol. The molecular formula is C19H30O2. The molecule has 0 aromatic rings. The zero-order chi connectivity index (χ0) is 14.8. The molecule has 0 heterocycles. The first-order chi connectivity index (χ1) is 9.95. The topological polar surface area (TPSA) is 37.3 Å². The highest BCUT2D eigenvalue weighted by atomic mass is 16.3. The van der Waals surface area contributed by atoms with E-state index < -0.39 is 0 Å². The van der Waals surface area contributed by atoms with Crippen LogP contribution in [0.1, 0.15) is 71.6 Å². The van der Waals surface area contributed by atoms with Crippen molar-refractivity contribution in [3.63, 3.8) is 0 Å². The fourth-order valence-corrected chi connectivity index (χ4v) is 7.01. The van der Waals surface area contributed by atoms with E-state index in [0.717, 1.165) is 49.9 Å². The molecule has 2 heteroatoms. The lowest BCUT2D eigenvalue weighted by atomic mass is 9.45. The third-order valence-electron chi connectivity index (χ3n) is 8.35. The minimum Gasteiger partial charge on any atom is -0.393 e. The predicted molar refractivity (Wildman–Crippen MR) is 82.7 cm³/mol. The number of ketones is 1. The van der Waals surface area contributed by atoms with Gasteiger partial charge >= 0.3 is 0 Å². The molecule has 0 radical (unpaired) electrons. The van der Waals surface area contributed by atoms with Gasteiger partial charge in [-0.2, -0.15) is 0 Å². The summed E-state index contributed by atoms with van der Waals surface area (Å²) in [4.78, 5) is 12.4. The summed E-state index contributed by atoms with van der Waals surface area (Å²) in [7, 11) is 0. The van der Waals surface area contributed by atoms with Gasteiger partial charge in [0.2, 0.25) is 0 Å². The van der Waals surface area contributed by atoms with E-state index in [9.17, 15) is 9.90 Å². The first-order valence-electron chi connectivity index (χ1n) is 9.16. The standard InChI is InChI=1S/C19H30O2/c1-18-9-7-13(20)11-12(18)3-4-14-15-5-6-17(21)19(15,2)10-8-16(14)18/h12-16,20H,3-11H2,1-2H3/t12?,13-,14?,15?,16?,18?,19-/m0/s1. The third-order valence-corrected chi connectivity index (χ3v) is 8.35. The van der Waals surface area contributed by atoms with Crippen LogP contribution in [0, 0.1) is 34.5 Å². The van der Waals surface area contributed by atoms with Crippen LogP contribution in [0.4, 0.5) is 0 Å². The Bertz CT molecular complexity index is 458. The summed E-state index contributed by atoms with van der Waals surface area (Å²) in [5.74, 6) is 3.54. The van der Waals surface area contributed by atoms with Crippen molar-refractivity contribution in [1.29, 1.82) is 0 Å². The number of aliphatic hydroxyl groups is 1. The zero-order valence-electron chi connectivity index (χ0n) is 13.6. The van der Waals surface area contributed by atoms with Gasteiger partial charge in [0.15, 0.2) is 0 Å². The highest BCUT2D eigenvalue weighted by Crippen LogP contribution is 2.65. The smallest absolute Gasteiger partial charge is 0.139 e. The Morgan fingerprint density at radius 3 is 2.62 bits per heavy atom. The maximum Gasteiger partial charge on any atom is 0.139 e. The van der Waals surface area contributed by atoms with Crippen LogP contribution in [0.5, 0.6) is 0 Å². The van der Waals surface area contributed by atoms with Crippen molar-refractivity contribution in [1.82, 2.24) is 0 Å². The predicted octanol–water partition coefficient (Wildman–Crippen LogP) is 3.96. The highest BCUT2D eigenvalue weighted by molar-refractivity contribution is 5.87. The molecule has 1 N–H and O–H groups in total. The van der Waals surface area contributed by atoms with Crippen LogP contribution in [-0.4, -0.2) is 17.0 Å². The number of aliphatic hydroxyl groups excluding tert-OH is 1. The van der Waals surface area contributed by atoms with Crippen LogP contribution in [0.3, 0.4) is 0 Å². The summed E-state index contributed by atoms with van der Waals surface area (Å²) in [6.07, 6.45) is 10.1. The summed E-state index contributed by atoms with van der Waals surface area (Å²) >= 11 is 0. The van der Waals surface area contributed by atoms with Crippen LogP contribution in [0.15, 0.2) is 0 Å². The number of hydrogen-bond donors (Lipinski definition) is 1. The minimum absolute atomic E-state index is 0.0124. The lowest BCUT2D eigenvalue weighted by molar-refractivity contribution is -0.142. The van der Waals surface area contributed by atoms with E-state index >= 15 is 0 Å². The molecule has 4 rings (SSSR count). The van der Waals surface area contributed by atoms with Gasteiger partial charge in [-0.05, 0) is 80.5 Å². The molecule has 0 saturated heterocycles. The summed E-state index contributed by atoms with van der Waals surface area (Å²) in [5, 5.41) is 10.0. The van der Waals surface area contributed by atoms with Gasteiger partial charge in [0.05, 0.1) is 6.10 Å². The van der Waals surface area contributed by atoms with Crippen molar-refractivity contribution in [2.24, 2.45) is 34.5 Å². The highest BCUT2D eigenvalue weighted by Gasteiger charge is 2.60. The van der Waals surface area contributed by atoms with Crippen molar-refractivity contribution in [2.75, 3.05) is 0 Å². The van der Waals surface area contributed by atoms with Gasteiger partial charge in [0, 0.05) is 11.8 Å². The van der Waals surface area contributed by atoms with Crippen LogP contribution in [0.25, 0.3) is 0 Å². The Balaban J connectivity index is 1.64. The molecule has 4 fully saturated rings. The monoisotopic (exact) mass is 290 g/mol. The molecule has 7 atom stereocenters. The van der Waals surface area contributed by atoms with Crippen molar-refractivity contribution in [2.45, 2.75) is 77.7 Å². The van der Waals surface area contributed by atoms with Crippen LogP contribution in [0.2, 0.25) is 0 Å². The first-order valence-corrected chi connectivity index (χ1v) is 9.16. The molecule has 118 valence electrons. The van der Waals surface area contributed by atoms with E-state index in [-0.39, 0.29) is 11.5 Å². The van der Waals surface area contributed by atoms with E-state index in [1.54, 1.807) is 0 Å². The Kier molecular flexibility index (Phi) is 3.10. The Labute approximate surface area is 128 Å². The van der Waals surface area contributed by atoms with Crippen molar-refractivity contribution in [3.05, 3.63) is 0 Å². The average Bonchev–Trinajstić information content (AvgIpc) is 2.76. The maximum absolute atomic E-state index is 12.4. The van der Waals surface area contributed by atoms with Crippen molar-refractivity contribution < 1.29 is 9.90 Å². The molecule has 0 aromatic carbocycles. The quantitative estimate of drug-likeness (QED) is 0.733. The zero-order valence-corrected chi connectivity index (χ0v) is 13.6. The summed E-state index contributed by atoms with van der Waals surface area (Å²) in [6.45, 7) is 4.78. The first kappa shape index (κ1) is 14.2. The van der Waals surface area contributed by atoms with Crippen molar-refractivity contribution >= 4 is 5.78 Å². The molecule has 2 nitrogen and oxygen atoms in total. The molecule has 0 aromatic heterocycles. The molecule has 0 amide bonds. The third kappa shape index (κ3) is 1.84. The van der Waals surface area contributed by atoms with Gasteiger partial charge in [0.25, 0.3) is 0 Å². The number of rotatable bonds is 0. The fraction of sp³-hybridized carbons (Fsp3) is 0.947. The van der Waals surface area contributed by atoms with Gasteiger partial charge in [-0.3, -0.25) is 4.79 Å². The molecule has 0 aliphatic heterocycles. The maximum atomic E-state index is 12.4. The minimum atomic E-state index is -0.0541. The van der Waals surface area contributed by atoms with Crippen molar-refractivity contribution in [3.8, 4) is 0 Å². The lowest BCUT2D eigenvalue weighted by Gasteiger charge is -2.60. The molecule has 5 unspecified atom stereocenters. The van der Waals surface area contributed by atoms with Gasteiger partial charge < -0.3 is 5.11 Å². The molecule has 0 bridgehead atoms. The van der Waals surface area contributed by atoms with Crippen LogP contribution >= 0.6 is 0 Å². The Morgan fingerprint density at radius 1 is 1.00 bits per heavy atom. The van der Waals surface area contributed by atoms with Gasteiger partial charge in [-0.1, -0.05) is 13.8 Å². The number of hydrogen-bond acceptors (Lipinski definition) is 2. The van der Waals surface area contributed by atoms with Gasteiger partial charge in [-0.25, -0.2) is 0 Å². The van der Waals surface area contributed by atoms with Gasteiger partial charge in [-0.15, -0.1) is 0 Å². The largest absolute Gasteiger partial charge is 0.393 e. The summed E-state index contributed by atoms with van der Waals surface area (Å²) in [5.41, 5.74) is 0.452. The molecule has 21 heavy (non-hydrogen) atoms. The lowest BCUT2D eigenvalue weighted by Crippen LogP contribution is -2.54. The van der Waals surface area contributed by atoms with Crippen LogP contribution in [-0.2, 0) is 4.79 Å². The van der Waals surface area contributed by atoms with E-state index in [1.807, 2.05) is 0 Å². The number of fused-ring (bicyclic) bond motifs is 5. The second kappa shape index (κ2) is 4.57. The number of Topliss-reactive ketones (excluding diaryl/α,β-unsaturated/α-hetero) is 1. The second-order valence-electron chi connectivity index (χ2n) is 9.00. The Hall–Kier alpha value is -0.370. The van der Waals surface area contributed by atoms with E-state index in [4.69, 9.17) is 0 Å². The Morgan fingerprint density at radius 2 is 1.81 bits per heavy atom. The summed E-state index contributed by atoms with van der Waals surface area (Å²) < 4.78 is 0. The van der Waals surface area contributed by atoms with E-state index in [1.165, 1.54) is 25.7 Å². The van der Waals surface area contributed by atoms with E-state index in [0.29, 0.717) is 17.1 Å². The second-order valence-corrected chi connectivity index (χ2v) is 9.00. The number of carbonyl (C=O) groups is 1. The van der Waals surface area contributed by atoms with E-state index in [2.05, 4.69) is 13.8 Å². The fourth-order valence-electron chi connectivity index (χ4n) is 7.01. The number of carbonyl (C=O) groups excluding carboxylic acids is 1. The molecule has 0 spiro atoms. The SMILES string of the molecule is CC12CC[C@H](O)CC1CCC1C2CC[C@]2(C)C(=O)CCC12. The summed E-state index contributed by atoms with van der Waals surface area (Å²) in [6, 6.07) is 0. The van der Waals surface area contributed by atoms with Crippen LogP contribution < -0.4 is 0 Å². The molecule has 4 saturated carbocycles. The average molecular weight is 290 g/mol.